The molecule has 0 saturated carbocycles. The van der Waals surface area contributed by atoms with E-state index in [0.29, 0.717) is 5.70 Å². The standard InChI is InChI=1S/C10H10NS.Li/c1-2-3-4-6-9(11)10-7-5-8-12-10;/h2-8,11H,1H2;/q-1;+1/b4-3+,9-6+;. The molecule has 62 valence electrons. The van der Waals surface area contributed by atoms with Gasteiger partial charge in [-0.1, -0.05) is 36.9 Å². The van der Waals surface area contributed by atoms with Gasteiger partial charge in [-0.05, 0) is 11.4 Å². The van der Waals surface area contributed by atoms with Gasteiger partial charge in [-0.2, -0.15) is 0 Å². The summed E-state index contributed by atoms with van der Waals surface area (Å²) in [6.07, 6.45) is 7.07. The second-order valence-corrected chi connectivity index (χ2v) is 3.13. The van der Waals surface area contributed by atoms with E-state index in [2.05, 4.69) is 6.58 Å². The Morgan fingerprint density at radius 2 is 2.23 bits per heavy atom. The van der Waals surface area contributed by atoms with Crippen LogP contribution in [0, 0.1) is 0 Å². The summed E-state index contributed by atoms with van der Waals surface area (Å²) >= 11 is 1.57. The number of rotatable bonds is 3. The van der Waals surface area contributed by atoms with Gasteiger partial charge in [0, 0.05) is 4.88 Å². The predicted octanol–water partition coefficient (Wildman–Crippen LogP) is 0.887. The molecule has 3 heteroatoms. The van der Waals surface area contributed by atoms with Gasteiger partial charge in [0.2, 0.25) is 0 Å². The summed E-state index contributed by atoms with van der Waals surface area (Å²) in [4.78, 5) is 0.990. The normalized spacial score (nSPS) is 11.2. The van der Waals surface area contributed by atoms with Crippen LogP contribution in [0.5, 0.6) is 0 Å². The van der Waals surface area contributed by atoms with Crippen LogP contribution in [-0.2, 0) is 0 Å². The molecule has 1 aromatic rings. The second kappa shape index (κ2) is 6.79. The van der Waals surface area contributed by atoms with Crippen molar-refractivity contribution in [2.45, 2.75) is 0 Å². The minimum Gasteiger partial charge on any atom is -0.698 e. The summed E-state index contributed by atoms with van der Waals surface area (Å²) in [5.41, 5.74) is 8.14. The number of nitrogens with one attached hydrogen (secondary N) is 1. The molecule has 0 aliphatic heterocycles. The van der Waals surface area contributed by atoms with Crippen LogP contribution in [0.15, 0.2) is 48.4 Å². The van der Waals surface area contributed by atoms with Gasteiger partial charge in [-0.25, -0.2) is 0 Å². The Balaban J connectivity index is 0.00000144. The van der Waals surface area contributed by atoms with E-state index in [1.54, 1.807) is 23.5 Å². The first kappa shape index (κ1) is 12.3. The Labute approximate surface area is 94.8 Å². The van der Waals surface area contributed by atoms with Crippen molar-refractivity contribution >= 4 is 17.0 Å². The van der Waals surface area contributed by atoms with Crippen LogP contribution in [0.2, 0.25) is 0 Å². The number of hydrogen-bond acceptors (Lipinski definition) is 1. The van der Waals surface area contributed by atoms with Crippen LogP contribution >= 0.6 is 11.3 Å². The van der Waals surface area contributed by atoms with Crippen molar-refractivity contribution in [1.29, 1.82) is 0 Å². The molecule has 0 radical (unpaired) electrons. The Bertz CT molecular complexity index is 299. The second-order valence-electron chi connectivity index (χ2n) is 2.18. The molecule has 0 aromatic carbocycles. The molecule has 0 unspecified atom stereocenters. The minimum atomic E-state index is 0. The fourth-order valence-electron chi connectivity index (χ4n) is 0.744. The molecule has 0 fully saturated rings. The van der Waals surface area contributed by atoms with E-state index in [9.17, 15) is 0 Å². The molecule has 0 atom stereocenters. The molecule has 0 aliphatic rings. The molecule has 13 heavy (non-hydrogen) atoms. The number of thiophene rings is 1. The van der Waals surface area contributed by atoms with E-state index in [-0.39, 0.29) is 18.9 Å². The Morgan fingerprint density at radius 1 is 1.46 bits per heavy atom. The maximum Gasteiger partial charge on any atom is 1.00 e. The fraction of sp³-hybridized carbons (Fsp3) is 0. The molecule has 1 rings (SSSR count). The first-order valence-electron chi connectivity index (χ1n) is 3.59. The van der Waals surface area contributed by atoms with Crippen LogP contribution in [-0.4, -0.2) is 0 Å². The fourth-order valence-corrected chi connectivity index (χ4v) is 1.40. The molecule has 0 amide bonds. The molecule has 1 aromatic heterocycles. The summed E-state index contributed by atoms with van der Waals surface area (Å²) in [5.74, 6) is 0. The van der Waals surface area contributed by atoms with Gasteiger partial charge in [-0.15, -0.1) is 17.0 Å². The number of hydrogen-bond donors (Lipinski definition) is 0. The van der Waals surface area contributed by atoms with Gasteiger partial charge < -0.3 is 5.73 Å². The largest absolute Gasteiger partial charge is 1.00 e. The smallest absolute Gasteiger partial charge is 0.698 e. The van der Waals surface area contributed by atoms with E-state index in [1.807, 2.05) is 29.7 Å². The van der Waals surface area contributed by atoms with Crippen molar-refractivity contribution in [1.82, 2.24) is 0 Å². The van der Waals surface area contributed by atoms with Crippen LogP contribution in [0.1, 0.15) is 4.88 Å². The zero-order valence-electron chi connectivity index (χ0n) is 7.66. The Kier molecular flexibility index (Phi) is 6.44. The molecule has 1 N–H and O–H groups in total. The van der Waals surface area contributed by atoms with Crippen molar-refractivity contribution in [2.24, 2.45) is 0 Å². The van der Waals surface area contributed by atoms with E-state index in [4.69, 9.17) is 5.73 Å². The molecular weight excluding hydrogens is 173 g/mol. The van der Waals surface area contributed by atoms with Crippen LogP contribution in [0.25, 0.3) is 11.4 Å². The molecule has 1 heterocycles. The van der Waals surface area contributed by atoms with Crippen molar-refractivity contribution in [3.8, 4) is 0 Å². The first-order valence-corrected chi connectivity index (χ1v) is 4.47. The van der Waals surface area contributed by atoms with E-state index in [0.717, 1.165) is 4.88 Å². The van der Waals surface area contributed by atoms with Crippen LogP contribution in [0.4, 0.5) is 0 Å². The van der Waals surface area contributed by atoms with Gasteiger partial charge in [0.25, 0.3) is 0 Å². The van der Waals surface area contributed by atoms with E-state index < -0.39 is 0 Å². The SMILES string of the molecule is C=C/C=C/C=C(/[NH-])c1cccs1.[Li+]. The summed E-state index contributed by atoms with van der Waals surface area (Å²) in [6, 6.07) is 3.88. The topological polar surface area (TPSA) is 23.8 Å². The van der Waals surface area contributed by atoms with Gasteiger partial charge in [-0.3, -0.25) is 0 Å². The molecular formula is C10H10LiNS. The summed E-state index contributed by atoms with van der Waals surface area (Å²) < 4.78 is 0. The van der Waals surface area contributed by atoms with Crippen molar-refractivity contribution in [3.05, 3.63) is 59.0 Å². The van der Waals surface area contributed by atoms with Gasteiger partial charge in [0.1, 0.15) is 0 Å². The number of allylic oxidation sites excluding steroid dienone is 4. The summed E-state index contributed by atoms with van der Waals surface area (Å²) in [6.45, 7) is 3.55. The maximum atomic E-state index is 7.59. The third kappa shape index (κ3) is 4.19. The molecule has 0 saturated heterocycles. The van der Waals surface area contributed by atoms with Gasteiger partial charge in [0.05, 0.1) is 0 Å². The zero-order valence-corrected chi connectivity index (χ0v) is 8.47. The van der Waals surface area contributed by atoms with E-state index in [1.165, 1.54) is 0 Å². The Hall–Kier alpha value is -0.683. The molecule has 0 aliphatic carbocycles. The van der Waals surface area contributed by atoms with E-state index >= 15 is 0 Å². The van der Waals surface area contributed by atoms with Gasteiger partial charge >= 0.3 is 18.9 Å². The van der Waals surface area contributed by atoms with Crippen LogP contribution in [0.3, 0.4) is 0 Å². The summed E-state index contributed by atoms with van der Waals surface area (Å²) in [7, 11) is 0. The minimum absolute atomic E-state index is 0. The van der Waals surface area contributed by atoms with Crippen molar-refractivity contribution in [3.63, 3.8) is 0 Å². The average molecular weight is 183 g/mol. The maximum absolute atomic E-state index is 7.59. The van der Waals surface area contributed by atoms with Crippen molar-refractivity contribution in [2.75, 3.05) is 0 Å². The third-order valence-corrected chi connectivity index (χ3v) is 2.20. The third-order valence-electron chi connectivity index (χ3n) is 1.30. The molecule has 0 spiro atoms. The monoisotopic (exact) mass is 183 g/mol. The quantitative estimate of drug-likeness (QED) is 0.491. The zero-order chi connectivity index (χ0) is 8.81. The first-order chi connectivity index (χ1) is 5.84. The Morgan fingerprint density at radius 3 is 2.77 bits per heavy atom. The summed E-state index contributed by atoms with van der Waals surface area (Å²) in [5, 5.41) is 1.97. The van der Waals surface area contributed by atoms with Crippen molar-refractivity contribution < 1.29 is 18.9 Å². The molecule has 1 nitrogen and oxygen atoms in total. The predicted molar refractivity (Wildman–Crippen MR) is 56.0 cm³/mol. The van der Waals surface area contributed by atoms with Crippen LogP contribution < -0.4 is 18.9 Å². The van der Waals surface area contributed by atoms with Gasteiger partial charge in [0.15, 0.2) is 0 Å². The average Bonchev–Trinajstić information content (AvgIpc) is 2.56. The molecule has 0 bridgehead atoms.